The minimum Gasteiger partial charge on any atom is -0.395 e. The molecule has 1 aromatic rings. The molecular formula is C17H26N2O2. The van der Waals surface area contributed by atoms with Crippen LogP contribution in [0.15, 0.2) is 24.3 Å². The number of nitrogens with one attached hydrogen (secondary N) is 1. The lowest BCUT2D eigenvalue weighted by Crippen LogP contribution is -2.41. The van der Waals surface area contributed by atoms with Crippen LogP contribution in [0, 0.1) is 0 Å². The molecule has 0 aromatic heterocycles. The molecule has 2 rings (SSSR count). The maximum atomic E-state index is 12.9. The van der Waals surface area contributed by atoms with Gasteiger partial charge in [0.2, 0.25) is 0 Å². The van der Waals surface area contributed by atoms with Crippen molar-refractivity contribution in [1.29, 1.82) is 0 Å². The highest BCUT2D eigenvalue weighted by Gasteiger charge is 2.28. The number of nitrogens with zero attached hydrogens (tertiary/aromatic N) is 1. The molecule has 0 bridgehead atoms. The minimum absolute atomic E-state index is 0.0206. The van der Waals surface area contributed by atoms with Gasteiger partial charge in [0.25, 0.3) is 5.91 Å². The normalized spacial score (nSPS) is 15.1. The monoisotopic (exact) mass is 290 g/mol. The van der Waals surface area contributed by atoms with Crippen molar-refractivity contribution in [2.45, 2.75) is 45.1 Å². The first-order valence-corrected chi connectivity index (χ1v) is 8.02. The van der Waals surface area contributed by atoms with Crippen molar-refractivity contribution in [2.24, 2.45) is 0 Å². The molecule has 0 heterocycles. The Bertz CT molecular complexity index is 456. The second-order valence-electron chi connectivity index (χ2n) is 5.63. The molecule has 2 N–H and O–H groups in total. The number of rotatable bonds is 7. The van der Waals surface area contributed by atoms with Crippen LogP contribution in [0.4, 0.5) is 5.69 Å². The van der Waals surface area contributed by atoms with Crippen molar-refractivity contribution < 1.29 is 9.90 Å². The maximum absolute atomic E-state index is 12.9. The van der Waals surface area contributed by atoms with E-state index in [1.807, 2.05) is 29.2 Å². The zero-order valence-corrected chi connectivity index (χ0v) is 12.8. The van der Waals surface area contributed by atoms with Crippen LogP contribution in [0.1, 0.15) is 49.4 Å². The first-order chi connectivity index (χ1) is 10.3. The molecule has 4 heteroatoms. The fraction of sp³-hybridized carbons (Fsp3) is 0.588. The Labute approximate surface area is 127 Å². The van der Waals surface area contributed by atoms with Gasteiger partial charge < -0.3 is 15.3 Å². The third kappa shape index (κ3) is 3.97. The first-order valence-electron chi connectivity index (χ1n) is 8.02. The number of hydrogen-bond donors (Lipinski definition) is 2. The Morgan fingerprint density at radius 1 is 1.33 bits per heavy atom. The van der Waals surface area contributed by atoms with Gasteiger partial charge in [-0.2, -0.15) is 0 Å². The zero-order valence-electron chi connectivity index (χ0n) is 12.8. The van der Waals surface area contributed by atoms with E-state index >= 15 is 0 Å². The lowest BCUT2D eigenvalue weighted by molar-refractivity contribution is 0.0639. The lowest BCUT2D eigenvalue weighted by atomic mass is 10.1. The van der Waals surface area contributed by atoms with Crippen molar-refractivity contribution in [1.82, 2.24) is 4.90 Å². The van der Waals surface area contributed by atoms with Crippen molar-refractivity contribution in [3.05, 3.63) is 29.8 Å². The number of carbonyl (C=O) groups excluding carboxylic acids is 1. The summed E-state index contributed by atoms with van der Waals surface area (Å²) >= 11 is 0. The van der Waals surface area contributed by atoms with Crippen molar-refractivity contribution in [3.63, 3.8) is 0 Å². The van der Waals surface area contributed by atoms with Crippen molar-refractivity contribution >= 4 is 11.6 Å². The lowest BCUT2D eigenvalue weighted by Gasteiger charge is -2.29. The highest BCUT2D eigenvalue weighted by molar-refractivity contribution is 5.99. The van der Waals surface area contributed by atoms with Gasteiger partial charge in [-0.15, -0.1) is 0 Å². The van der Waals surface area contributed by atoms with E-state index in [-0.39, 0.29) is 18.6 Å². The first kappa shape index (κ1) is 15.8. The molecule has 1 aliphatic rings. The summed E-state index contributed by atoms with van der Waals surface area (Å²) in [6.45, 7) is 3.40. The van der Waals surface area contributed by atoms with Crippen LogP contribution in [0.5, 0.6) is 0 Å². The highest BCUT2D eigenvalue weighted by Crippen LogP contribution is 2.26. The van der Waals surface area contributed by atoms with Gasteiger partial charge in [0.1, 0.15) is 0 Å². The predicted molar refractivity (Wildman–Crippen MR) is 85.6 cm³/mol. The van der Waals surface area contributed by atoms with Gasteiger partial charge in [-0.1, -0.05) is 31.9 Å². The molecule has 0 spiro atoms. The molecule has 1 aromatic carbocycles. The molecule has 0 atom stereocenters. The molecule has 0 saturated heterocycles. The SMILES string of the molecule is CCCNc1ccccc1C(=O)N(CCO)C1CCCC1. The van der Waals surface area contributed by atoms with Crippen LogP contribution in [-0.2, 0) is 0 Å². The van der Waals surface area contributed by atoms with E-state index in [1.165, 1.54) is 12.8 Å². The molecule has 1 aliphatic carbocycles. The van der Waals surface area contributed by atoms with Gasteiger partial charge in [-0.05, 0) is 31.4 Å². The molecule has 0 radical (unpaired) electrons. The van der Waals surface area contributed by atoms with E-state index in [9.17, 15) is 9.90 Å². The van der Waals surface area contributed by atoms with E-state index in [1.54, 1.807) is 0 Å². The molecule has 1 saturated carbocycles. The number of anilines is 1. The number of hydrogen-bond acceptors (Lipinski definition) is 3. The van der Waals surface area contributed by atoms with Gasteiger partial charge >= 0.3 is 0 Å². The smallest absolute Gasteiger partial charge is 0.256 e. The average molecular weight is 290 g/mol. The third-order valence-electron chi connectivity index (χ3n) is 4.09. The second kappa shape index (κ2) is 8.03. The number of carbonyl (C=O) groups is 1. The summed E-state index contributed by atoms with van der Waals surface area (Å²) in [5.41, 5.74) is 1.61. The quantitative estimate of drug-likeness (QED) is 0.812. The Kier molecular flexibility index (Phi) is 6.05. The zero-order chi connectivity index (χ0) is 15.1. The summed E-state index contributed by atoms with van der Waals surface area (Å²) < 4.78 is 0. The second-order valence-corrected chi connectivity index (χ2v) is 5.63. The largest absolute Gasteiger partial charge is 0.395 e. The van der Waals surface area contributed by atoms with Gasteiger partial charge in [0, 0.05) is 24.8 Å². The van der Waals surface area contributed by atoms with Gasteiger partial charge in [-0.25, -0.2) is 0 Å². The van der Waals surface area contributed by atoms with Crippen LogP contribution in [0.25, 0.3) is 0 Å². The molecule has 4 nitrogen and oxygen atoms in total. The Balaban J connectivity index is 2.19. The average Bonchev–Trinajstić information content (AvgIpc) is 3.04. The number of para-hydroxylation sites is 1. The van der Waals surface area contributed by atoms with E-state index < -0.39 is 0 Å². The fourth-order valence-electron chi connectivity index (χ4n) is 3.01. The third-order valence-corrected chi connectivity index (χ3v) is 4.09. The number of amides is 1. The van der Waals surface area contributed by atoms with Gasteiger partial charge in [0.15, 0.2) is 0 Å². The summed E-state index contributed by atoms with van der Waals surface area (Å²) in [6.07, 6.45) is 5.48. The molecule has 116 valence electrons. The summed E-state index contributed by atoms with van der Waals surface area (Å²) in [5, 5.41) is 12.6. The summed E-state index contributed by atoms with van der Waals surface area (Å²) in [4.78, 5) is 14.7. The molecule has 1 amide bonds. The van der Waals surface area contributed by atoms with Crippen molar-refractivity contribution in [2.75, 3.05) is 25.0 Å². The maximum Gasteiger partial charge on any atom is 0.256 e. The molecule has 0 aliphatic heterocycles. The standard InChI is InChI=1S/C17H26N2O2/c1-2-11-18-16-10-6-5-9-15(16)17(21)19(12-13-20)14-7-3-4-8-14/h5-6,9-10,14,18,20H,2-4,7-8,11-13H2,1H3. The van der Waals surface area contributed by atoms with Gasteiger partial charge in [0.05, 0.1) is 12.2 Å². The van der Waals surface area contributed by atoms with Crippen LogP contribution >= 0.6 is 0 Å². The Hall–Kier alpha value is -1.55. The van der Waals surface area contributed by atoms with Crippen molar-refractivity contribution in [3.8, 4) is 0 Å². The molecular weight excluding hydrogens is 264 g/mol. The van der Waals surface area contributed by atoms with Crippen LogP contribution in [-0.4, -0.2) is 41.7 Å². The Morgan fingerprint density at radius 2 is 2.05 bits per heavy atom. The minimum atomic E-state index is 0.0206. The summed E-state index contributed by atoms with van der Waals surface area (Å²) in [7, 11) is 0. The molecule has 1 fully saturated rings. The fourth-order valence-corrected chi connectivity index (χ4v) is 3.01. The number of aliphatic hydroxyl groups excluding tert-OH is 1. The van der Waals surface area contributed by atoms with E-state index in [4.69, 9.17) is 0 Å². The summed E-state index contributed by atoms with van der Waals surface area (Å²) in [5.74, 6) is 0.0372. The van der Waals surface area contributed by atoms with E-state index in [0.717, 1.165) is 31.5 Å². The number of aliphatic hydroxyl groups is 1. The summed E-state index contributed by atoms with van der Waals surface area (Å²) in [6, 6.07) is 7.95. The van der Waals surface area contributed by atoms with E-state index in [2.05, 4.69) is 12.2 Å². The van der Waals surface area contributed by atoms with E-state index in [0.29, 0.717) is 12.1 Å². The molecule has 0 unspecified atom stereocenters. The predicted octanol–water partition coefficient (Wildman–Crippen LogP) is 2.89. The topological polar surface area (TPSA) is 52.6 Å². The van der Waals surface area contributed by atoms with Gasteiger partial charge in [-0.3, -0.25) is 4.79 Å². The van der Waals surface area contributed by atoms with Crippen LogP contribution < -0.4 is 5.32 Å². The van der Waals surface area contributed by atoms with Crippen LogP contribution in [0.2, 0.25) is 0 Å². The highest BCUT2D eigenvalue weighted by atomic mass is 16.3. The van der Waals surface area contributed by atoms with Crippen LogP contribution in [0.3, 0.4) is 0 Å². The number of benzene rings is 1. The Morgan fingerprint density at radius 3 is 2.71 bits per heavy atom. The molecule has 21 heavy (non-hydrogen) atoms.